The highest BCUT2D eigenvalue weighted by Crippen LogP contribution is 2.19. The number of nitrogens with one attached hydrogen (secondary N) is 1. The number of piperidine rings is 1. The number of hydrogen-bond donors (Lipinski definition) is 2. The topological polar surface area (TPSA) is 50.1 Å². The molecule has 4 nitrogen and oxygen atoms in total. The molecule has 0 spiro atoms. The Labute approximate surface area is 146 Å². The van der Waals surface area contributed by atoms with Gasteiger partial charge in [0.25, 0.3) is 0 Å². The van der Waals surface area contributed by atoms with Crippen LogP contribution in [0.2, 0.25) is 0 Å². The number of hydrogen-bond acceptors (Lipinski definition) is 3. The first-order valence-corrected chi connectivity index (χ1v) is 7.36. The third-order valence-electron chi connectivity index (χ3n) is 4.11. The predicted molar refractivity (Wildman–Crippen MR) is 90.4 cm³/mol. The van der Waals surface area contributed by atoms with Crippen molar-refractivity contribution in [2.24, 2.45) is 0 Å². The molecule has 3 rings (SSSR count). The second kappa shape index (κ2) is 8.78. The molecule has 23 heavy (non-hydrogen) atoms. The van der Waals surface area contributed by atoms with Gasteiger partial charge in [0.1, 0.15) is 11.3 Å². The Kier molecular flexibility index (Phi) is 7.67. The molecule has 1 fully saturated rings. The Balaban J connectivity index is 0.00000132. The van der Waals surface area contributed by atoms with Gasteiger partial charge in [-0.1, -0.05) is 0 Å². The lowest BCUT2D eigenvalue weighted by molar-refractivity contribution is 0.0909. The van der Waals surface area contributed by atoms with Crippen molar-refractivity contribution in [2.75, 3.05) is 6.54 Å². The van der Waals surface area contributed by atoms with Crippen molar-refractivity contribution < 1.29 is 13.9 Å². The van der Waals surface area contributed by atoms with Crippen LogP contribution in [0.25, 0.3) is 11.0 Å². The maximum absolute atomic E-state index is 13.6. The Hall–Kier alpha value is -0.950. The number of imidazole rings is 1. The molecule has 1 aliphatic heterocycles. The minimum absolute atomic E-state index is 0. The smallest absolute Gasteiger partial charge is 0.153 e. The van der Waals surface area contributed by atoms with Gasteiger partial charge in [-0.2, -0.15) is 0 Å². The molecule has 2 aromatic rings. The molecule has 2 heterocycles. The molecule has 0 radical (unpaired) electrons. The van der Waals surface area contributed by atoms with Crippen molar-refractivity contribution in [3.8, 4) is 0 Å². The van der Waals surface area contributed by atoms with Gasteiger partial charge in [0, 0.05) is 18.7 Å². The fourth-order valence-electron chi connectivity index (χ4n) is 2.98. The van der Waals surface area contributed by atoms with E-state index in [0.717, 1.165) is 38.3 Å². The molecule has 2 atom stereocenters. The number of aryl methyl sites for hydroxylation is 1. The summed E-state index contributed by atoms with van der Waals surface area (Å²) in [5.41, 5.74) is 0.678. The quantitative estimate of drug-likeness (QED) is 0.872. The third kappa shape index (κ3) is 4.53. The van der Waals surface area contributed by atoms with E-state index in [1.54, 1.807) is 4.57 Å². The van der Waals surface area contributed by atoms with Gasteiger partial charge < -0.3 is 15.0 Å². The summed E-state index contributed by atoms with van der Waals surface area (Å²) in [4.78, 5) is 4.00. The molecule has 0 amide bonds. The van der Waals surface area contributed by atoms with E-state index in [-0.39, 0.29) is 42.5 Å². The average molecular weight is 368 g/mol. The highest BCUT2D eigenvalue weighted by atomic mass is 35.5. The van der Waals surface area contributed by atoms with Crippen LogP contribution >= 0.6 is 24.8 Å². The molecule has 1 saturated heterocycles. The summed E-state index contributed by atoms with van der Waals surface area (Å²) in [6, 6.07) is 2.27. The first kappa shape index (κ1) is 20.1. The first-order chi connectivity index (χ1) is 10.1. The second-order valence-corrected chi connectivity index (χ2v) is 5.61. The Morgan fingerprint density at radius 3 is 2.83 bits per heavy atom. The van der Waals surface area contributed by atoms with Gasteiger partial charge in [-0.25, -0.2) is 13.8 Å². The maximum Gasteiger partial charge on any atom is 0.153 e. The molecule has 1 aliphatic rings. The van der Waals surface area contributed by atoms with Crippen LogP contribution < -0.4 is 5.32 Å². The van der Waals surface area contributed by atoms with Crippen LogP contribution in [0.3, 0.4) is 0 Å². The van der Waals surface area contributed by atoms with Gasteiger partial charge >= 0.3 is 0 Å². The van der Waals surface area contributed by atoms with Gasteiger partial charge in [-0.05, 0) is 38.3 Å². The number of halogens is 4. The summed E-state index contributed by atoms with van der Waals surface area (Å²) in [6.45, 7) is 1.57. The van der Waals surface area contributed by atoms with Crippen molar-refractivity contribution in [1.82, 2.24) is 14.9 Å². The fourth-order valence-corrected chi connectivity index (χ4v) is 2.98. The Morgan fingerprint density at radius 1 is 1.30 bits per heavy atom. The highest BCUT2D eigenvalue weighted by Gasteiger charge is 2.21. The van der Waals surface area contributed by atoms with E-state index in [0.29, 0.717) is 12.1 Å². The normalized spacial score (nSPS) is 20.8. The first-order valence-electron chi connectivity index (χ1n) is 7.36. The molecule has 1 aromatic carbocycles. The Morgan fingerprint density at radius 2 is 2.09 bits per heavy atom. The van der Waals surface area contributed by atoms with E-state index in [1.807, 2.05) is 0 Å². The Bertz CT molecular complexity index is 638. The molecule has 2 N–H and O–H groups in total. The number of aliphatic hydroxyl groups is 1. The minimum Gasteiger partial charge on any atom is -0.392 e. The highest BCUT2D eigenvalue weighted by molar-refractivity contribution is 5.85. The number of aliphatic hydroxyl groups excluding tert-OH is 1. The summed E-state index contributed by atoms with van der Waals surface area (Å²) < 4.78 is 28.6. The van der Waals surface area contributed by atoms with Crippen molar-refractivity contribution in [3.63, 3.8) is 0 Å². The molecule has 0 saturated carbocycles. The van der Waals surface area contributed by atoms with Gasteiger partial charge in [0.05, 0.1) is 17.9 Å². The van der Waals surface area contributed by atoms with E-state index >= 15 is 0 Å². The largest absolute Gasteiger partial charge is 0.392 e. The summed E-state index contributed by atoms with van der Waals surface area (Å²) >= 11 is 0. The van der Waals surface area contributed by atoms with Crippen molar-refractivity contribution in [1.29, 1.82) is 0 Å². The summed E-state index contributed by atoms with van der Waals surface area (Å²) in [5, 5.41) is 13.2. The lowest BCUT2D eigenvalue weighted by Crippen LogP contribution is -2.44. The molecule has 1 aromatic heterocycles. The van der Waals surface area contributed by atoms with Crippen molar-refractivity contribution in [3.05, 3.63) is 30.1 Å². The fraction of sp³-hybridized carbons (Fsp3) is 0.533. The summed E-state index contributed by atoms with van der Waals surface area (Å²) in [6.07, 6.45) is 4.73. The molecule has 130 valence electrons. The van der Waals surface area contributed by atoms with Crippen LogP contribution in [0.15, 0.2) is 18.5 Å². The van der Waals surface area contributed by atoms with E-state index in [4.69, 9.17) is 0 Å². The second-order valence-electron chi connectivity index (χ2n) is 5.61. The van der Waals surface area contributed by atoms with E-state index in [9.17, 15) is 13.9 Å². The van der Waals surface area contributed by atoms with Crippen LogP contribution in [-0.2, 0) is 6.54 Å². The monoisotopic (exact) mass is 367 g/mol. The number of aromatic nitrogens is 2. The van der Waals surface area contributed by atoms with Crippen LogP contribution in [0.5, 0.6) is 0 Å². The standard InChI is InChI=1S/C15H19F2N3O.2ClH/c16-10-7-11(17)15-13(8-10)20(9-19-15)6-2-3-12-14(21)4-1-5-18-12;;/h7-9,12,14,18,21H,1-6H2;2*1H/t12-,14+;;/m1../s1. The molecule has 0 bridgehead atoms. The van der Waals surface area contributed by atoms with Gasteiger partial charge in [-0.15, -0.1) is 24.8 Å². The lowest BCUT2D eigenvalue weighted by atomic mass is 9.97. The maximum atomic E-state index is 13.6. The van der Waals surface area contributed by atoms with Crippen LogP contribution in [-0.4, -0.2) is 33.3 Å². The van der Waals surface area contributed by atoms with Crippen LogP contribution in [0.1, 0.15) is 25.7 Å². The van der Waals surface area contributed by atoms with Gasteiger partial charge in [0.2, 0.25) is 0 Å². The zero-order valence-corrected chi connectivity index (χ0v) is 14.2. The molecular weight excluding hydrogens is 347 g/mol. The lowest BCUT2D eigenvalue weighted by Gasteiger charge is -2.29. The third-order valence-corrected chi connectivity index (χ3v) is 4.11. The van der Waals surface area contributed by atoms with Crippen LogP contribution in [0, 0.1) is 11.6 Å². The van der Waals surface area contributed by atoms with E-state index < -0.39 is 11.6 Å². The number of fused-ring (bicyclic) bond motifs is 1. The molecule has 0 aliphatic carbocycles. The molecule has 8 heteroatoms. The number of nitrogens with zero attached hydrogens (tertiary/aromatic N) is 2. The predicted octanol–water partition coefficient (Wildman–Crippen LogP) is 3.05. The molecule has 0 unspecified atom stereocenters. The molecular formula is C15H21Cl2F2N3O. The summed E-state index contributed by atoms with van der Waals surface area (Å²) in [7, 11) is 0. The number of rotatable bonds is 4. The van der Waals surface area contributed by atoms with Crippen molar-refractivity contribution in [2.45, 2.75) is 44.4 Å². The van der Waals surface area contributed by atoms with Gasteiger partial charge in [-0.3, -0.25) is 0 Å². The van der Waals surface area contributed by atoms with E-state index in [2.05, 4.69) is 10.3 Å². The van der Waals surface area contributed by atoms with Gasteiger partial charge in [0.15, 0.2) is 5.82 Å². The average Bonchev–Trinajstić information content (AvgIpc) is 2.84. The summed E-state index contributed by atoms with van der Waals surface area (Å²) in [5.74, 6) is -1.22. The van der Waals surface area contributed by atoms with Crippen LogP contribution in [0.4, 0.5) is 8.78 Å². The van der Waals surface area contributed by atoms with Crippen molar-refractivity contribution >= 4 is 35.8 Å². The zero-order chi connectivity index (χ0) is 14.8. The number of benzene rings is 1. The SMILES string of the molecule is Cl.Cl.O[C@H]1CCCN[C@@H]1CCCn1cnc2c(F)cc(F)cc21. The zero-order valence-electron chi connectivity index (χ0n) is 12.5. The minimum atomic E-state index is -0.631. The van der Waals surface area contributed by atoms with E-state index in [1.165, 1.54) is 12.4 Å².